The molecule has 0 spiro atoms. The maximum absolute atomic E-state index is 12.7. The third-order valence-corrected chi connectivity index (χ3v) is 4.76. The zero-order chi connectivity index (χ0) is 16.2. The van der Waals surface area contributed by atoms with E-state index in [0.717, 1.165) is 37.9 Å². The number of nitrogens with zero attached hydrogens (tertiary/aromatic N) is 3. The van der Waals surface area contributed by atoms with Crippen LogP contribution in [0.5, 0.6) is 0 Å². The summed E-state index contributed by atoms with van der Waals surface area (Å²) in [7, 11) is 0. The highest BCUT2D eigenvalue weighted by atomic mass is 16.5. The van der Waals surface area contributed by atoms with Crippen LogP contribution in [0, 0.1) is 5.92 Å². The molecule has 2 fully saturated rings. The fraction of sp³-hybridized carbons (Fsp3) is 0.688. The lowest BCUT2D eigenvalue weighted by Crippen LogP contribution is -2.44. The van der Waals surface area contributed by atoms with E-state index >= 15 is 0 Å². The molecule has 0 radical (unpaired) electrons. The first-order valence-electron chi connectivity index (χ1n) is 8.25. The van der Waals surface area contributed by atoms with Gasteiger partial charge in [0.25, 0.3) is 0 Å². The third-order valence-electron chi connectivity index (χ3n) is 4.76. The Balaban J connectivity index is 1.67. The molecule has 0 bridgehead atoms. The molecule has 3 rings (SSSR count). The summed E-state index contributed by atoms with van der Waals surface area (Å²) in [5.41, 5.74) is 0.914. The van der Waals surface area contributed by atoms with Gasteiger partial charge in [0.2, 0.25) is 5.91 Å². The van der Waals surface area contributed by atoms with E-state index in [-0.39, 0.29) is 24.3 Å². The fourth-order valence-electron chi connectivity index (χ4n) is 3.57. The second kappa shape index (κ2) is 7.12. The van der Waals surface area contributed by atoms with Crippen molar-refractivity contribution in [2.75, 3.05) is 26.3 Å². The lowest BCUT2D eigenvalue weighted by Gasteiger charge is -2.36. The summed E-state index contributed by atoms with van der Waals surface area (Å²) < 4.78 is 6.87. The average Bonchev–Trinajstić information content (AvgIpc) is 3.02. The van der Waals surface area contributed by atoms with E-state index in [9.17, 15) is 9.59 Å². The van der Waals surface area contributed by atoms with E-state index in [1.807, 2.05) is 11.0 Å². The van der Waals surface area contributed by atoms with Crippen LogP contribution in [0.4, 0.5) is 0 Å². The van der Waals surface area contributed by atoms with Crippen molar-refractivity contribution in [1.29, 1.82) is 0 Å². The van der Waals surface area contributed by atoms with Crippen molar-refractivity contribution < 1.29 is 19.4 Å². The second-order valence-electron chi connectivity index (χ2n) is 6.32. The van der Waals surface area contributed by atoms with Gasteiger partial charge in [-0.15, -0.1) is 0 Å². The zero-order valence-electron chi connectivity index (χ0n) is 13.2. The predicted octanol–water partition coefficient (Wildman–Crippen LogP) is 1.10. The molecule has 0 aromatic carbocycles. The number of carboxylic acid groups (broad SMARTS) is 1. The van der Waals surface area contributed by atoms with Crippen LogP contribution in [0.1, 0.15) is 37.3 Å². The number of rotatable bonds is 4. The molecule has 2 saturated heterocycles. The van der Waals surface area contributed by atoms with Crippen LogP contribution in [-0.2, 0) is 20.9 Å². The van der Waals surface area contributed by atoms with Gasteiger partial charge in [-0.2, -0.15) is 5.10 Å². The van der Waals surface area contributed by atoms with Crippen molar-refractivity contribution in [2.24, 2.45) is 5.92 Å². The molecular weight excluding hydrogens is 298 g/mol. The summed E-state index contributed by atoms with van der Waals surface area (Å²) >= 11 is 0. The highest BCUT2D eigenvalue weighted by molar-refractivity contribution is 5.79. The van der Waals surface area contributed by atoms with Crippen molar-refractivity contribution in [1.82, 2.24) is 14.7 Å². The first kappa shape index (κ1) is 16.0. The van der Waals surface area contributed by atoms with Gasteiger partial charge < -0.3 is 14.7 Å². The van der Waals surface area contributed by atoms with E-state index in [2.05, 4.69) is 5.10 Å². The molecule has 1 amide bonds. The summed E-state index contributed by atoms with van der Waals surface area (Å²) in [4.78, 5) is 25.6. The van der Waals surface area contributed by atoms with E-state index in [4.69, 9.17) is 9.84 Å². The van der Waals surface area contributed by atoms with Gasteiger partial charge in [0.15, 0.2) is 0 Å². The molecule has 0 aliphatic carbocycles. The Bertz CT molecular complexity index is 565. The summed E-state index contributed by atoms with van der Waals surface area (Å²) in [6.45, 7) is 2.64. The van der Waals surface area contributed by atoms with Crippen LogP contribution >= 0.6 is 0 Å². The summed E-state index contributed by atoms with van der Waals surface area (Å²) in [6, 6.07) is 1.87. The molecule has 1 atom stereocenters. The van der Waals surface area contributed by atoms with Crippen LogP contribution in [0.3, 0.4) is 0 Å². The Labute approximate surface area is 135 Å². The molecule has 0 saturated carbocycles. The van der Waals surface area contributed by atoms with Gasteiger partial charge in [-0.3, -0.25) is 14.3 Å². The Morgan fingerprint density at radius 3 is 2.83 bits per heavy atom. The fourth-order valence-corrected chi connectivity index (χ4v) is 3.57. The minimum atomic E-state index is -0.902. The number of carboxylic acids is 1. The first-order chi connectivity index (χ1) is 11.1. The molecule has 23 heavy (non-hydrogen) atoms. The van der Waals surface area contributed by atoms with E-state index in [1.165, 1.54) is 4.68 Å². The topological polar surface area (TPSA) is 84.7 Å². The summed E-state index contributed by atoms with van der Waals surface area (Å²) in [6.07, 6.45) is 5.14. The lowest BCUT2D eigenvalue weighted by molar-refractivity contribution is -0.140. The minimum absolute atomic E-state index is 0.0754. The van der Waals surface area contributed by atoms with Crippen molar-refractivity contribution in [3.05, 3.63) is 18.0 Å². The van der Waals surface area contributed by atoms with Crippen LogP contribution in [0.15, 0.2) is 12.3 Å². The number of piperidine rings is 1. The van der Waals surface area contributed by atoms with Crippen LogP contribution in [0.25, 0.3) is 0 Å². The predicted molar refractivity (Wildman–Crippen MR) is 82.0 cm³/mol. The summed E-state index contributed by atoms with van der Waals surface area (Å²) in [5.74, 6) is -0.441. The molecule has 7 nitrogen and oxygen atoms in total. The highest BCUT2D eigenvalue weighted by Crippen LogP contribution is 2.29. The normalized spacial score (nSPS) is 23.0. The Hall–Kier alpha value is -1.89. The summed E-state index contributed by atoms with van der Waals surface area (Å²) in [5, 5.41) is 13.1. The quantitative estimate of drug-likeness (QED) is 0.897. The van der Waals surface area contributed by atoms with Gasteiger partial charge >= 0.3 is 5.97 Å². The number of hydrogen-bond acceptors (Lipinski definition) is 4. The van der Waals surface area contributed by atoms with Gasteiger partial charge in [0.1, 0.15) is 6.54 Å². The minimum Gasteiger partial charge on any atom is -0.480 e. The van der Waals surface area contributed by atoms with Gasteiger partial charge in [-0.1, -0.05) is 0 Å². The molecule has 1 aromatic rings. The van der Waals surface area contributed by atoms with Crippen molar-refractivity contribution in [2.45, 2.75) is 38.1 Å². The Kier molecular flexibility index (Phi) is 4.95. The molecule has 1 aromatic heterocycles. The maximum atomic E-state index is 12.7. The van der Waals surface area contributed by atoms with Crippen molar-refractivity contribution >= 4 is 11.9 Å². The molecule has 1 N–H and O–H groups in total. The zero-order valence-corrected chi connectivity index (χ0v) is 13.2. The largest absolute Gasteiger partial charge is 0.480 e. The smallest absolute Gasteiger partial charge is 0.325 e. The maximum Gasteiger partial charge on any atom is 0.325 e. The van der Waals surface area contributed by atoms with Gasteiger partial charge in [0.05, 0.1) is 0 Å². The molecular formula is C16H23N3O4. The first-order valence-corrected chi connectivity index (χ1v) is 8.25. The number of hydrogen-bond donors (Lipinski definition) is 1. The number of ether oxygens (including phenoxy) is 1. The number of carbonyl (C=O) groups excluding carboxylic acids is 1. The van der Waals surface area contributed by atoms with E-state index in [1.54, 1.807) is 6.20 Å². The van der Waals surface area contributed by atoms with E-state index in [0.29, 0.717) is 19.8 Å². The lowest BCUT2D eigenvalue weighted by atomic mass is 9.92. The number of carbonyl (C=O) groups is 2. The Morgan fingerprint density at radius 2 is 2.09 bits per heavy atom. The monoisotopic (exact) mass is 321 g/mol. The third kappa shape index (κ3) is 3.72. The van der Waals surface area contributed by atoms with Crippen LogP contribution < -0.4 is 0 Å². The SMILES string of the molecule is O=C(O)Cn1nccc1[C@@H]1CCCN(C(=O)C2CCOCC2)C1. The molecule has 2 aliphatic heterocycles. The number of aliphatic carboxylic acids is 1. The number of aromatic nitrogens is 2. The highest BCUT2D eigenvalue weighted by Gasteiger charge is 2.31. The molecule has 3 heterocycles. The molecule has 2 aliphatic rings. The standard InChI is InChI=1S/C16H23N3O4/c20-15(21)11-19-14(3-6-17-19)13-2-1-7-18(10-13)16(22)12-4-8-23-9-5-12/h3,6,12-13H,1-2,4-5,7-11H2,(H,20,21)/t13-/m1/s1. The molecule has 0 unspecified atom stereocenters. The Morgan fingerprint density at radius 1 is 1.30 bits per heavy atom. The van der Waals surface area contributed by atoms with E-state index < -0.39 is 5.97 Å². The second-order valence-corrected chi connectivity index (χ2v) is 6.32. The van der Waals surface area contributed by atoms with Gasteiger partial charge in [0, 0.05) is 50.0 Å². The van der Waals surface area contributed by atoms with Crippen LogP contribution in [0.2, 0.25) is 0 Å². The van der Waals surface area contributed by atoms with Crippen molar-refractivity contribution in [3.8, 4) is 0 Å². The molecule has 7 heteroatoms. The van der Waals surface area contributed by atoms with Crippen LogP contribution in [-0.4, -0.2) is 58.0 Å². The number of amides is 1. The van der Waals surface area contributed by atoms with Crippen molar-refractivity contribution in [3.63, 3.8) is 0 Å². The number of likely N-dealkylation sites (tertiary alicyclic amines) is 1. The average molecular weight is 321 g/mol. The van der Waals surface area contributed by atoms with Gasteiger partial charge in [-0.25, -0.2) is 0 Å². The van der Waals surface area contributed by atoms with Gasteiger partial charge in [-0.05, 0) is 31.7 Å². The molecule has 126 valence electrons.